The summed E-state index contributed by atoms with van der Waals surface area (Å²) >= 11 is 0. The number of nitrogens with one attached hydrogen (secondary N) is 1. The Hall–Kier alpha value is -2.66. The molecule has 0 saturated carbocycles. The molecule has 5 heteroatoms. The van der Waals surface area contributed by atoms with Crippen molar-refractivity contribution in [3.8, 4) is 0 Å². The Kier molecular flexibility index (Phi) is 4.11. The first-order valence-electron chi connectivity index (χ1n) is 7.69. The summed E-state index contributed by atoms with van der Waals surface area (Å²) in [5, 5.41) is 14.2. The molecule has 3 rings (SSSR count). The maximum absolute atomic E-state index is 13.0. The zero-order valence-electron chi connectivity index (χ0n) is 13.6. The number of carbonyl (C=O) groups excluding carboxylic acids is 1. The number of amides is 1. The van der Waals surface area contributed by atoms with E-state index in [0.29, 0.717) is 11.1 Å². The number of fused-ring (bicyclic) bond motifs is 1. The first-order valence-corrected chi connectivity index (χ1v) is 7.69. The number of aryl methyl sites for hydroxylation is 1. The van der Waals surface area contributed by atoms with Crippen molar-refractivity contribution in [2.75, 3.05) is 6.54 Å². The topological polar surface area (TPSA) is 54.3 Å². The van der Waals surface area contributed by atoms with Crippen molar-refractivity contribution in [1.29, 1.82) is 0 Å². The number of rotatable bonds is 4. The fourth-order valence-corrected chi connectivity index (χ4v) is 2.76. The van der Waals surface area contributed by atoms with Gasteiger partial charge in [-0.15, -0.1) is 0 Å². The van der Waals surface area contributed by atoms with Crippen LogP contribution in [0.3, 0.4) is 0 Å². The van der Waals surface area contributed by atoms with Gasteiger partial charge in [0.15, 0.2) is 0 Å². The molecule has 124 valence electrons. The van der Waals surface area contributed by atoms with E-state index in [1.54, 1.807) is 13.0 Å². The van der Waals surface area contributed by atoms with Gasteiger partial charge in [0, 0.05) is 29.7 Å². The van der Waals surface area contributed by atoms with Crippen molar-refractivity contribution in [3.63, 3.8) is 0 Å². The van der Waals surface area contributed by atoms with E-state index in [1.807, 2.05) is 36.0 Å². The highest BCUT2D eigenvalue weighted by Gasteiger charge is 2.24. The van der Waals surface area contributed by atoms with Crippen LogP contribution in [0.1, 0.15) is 22.8 Å². The lowest BCUT2D eigenvalue weighted by atomic mass is 9.96. The van der Waals surface area contributed by atoms with Crippen LogP contribution in [0.2, 0.25) is 0 Å². The van der Waals surface area contributed by atoms with Crippen LogP contribution in [0.4, 0.5) is 4.39 Å². The Morgan fingerprint density at radius 3 is 2.62 bits per heavy atom. The summed E-state index contributed by atoms with van der Waals surface area (Å²) in [5.74, 6) is -0.622. The van der Waals surface area contributed by atoms with Crippen LogP contribution >= 0.6 is 0 Å². The molecule has 4 nitrogen and oxygen atoms in total. The van der Waals surface area contributed by atoms with Gasteiger partial charge in [-0.1, -0.05) is 18.2 Å². The number of hydrogen-bond donors (Lipinski definition) is 2. The zero-order chi connectivity index (χ0) is 17.3. The fourth-order valence-electron chi connectivity index (χ4n) is 2.76. The van der Waals surface area contributed by atoms with Gasteiger partial charge in [0.25, 0.3) is 5.91 Å². The minimum absolute atomic E-state index is 0.0285. The molecule has 0 aliphatic rings. The molecule has 2 N–H and O–H groups in total. The Labute approximate surface area is 139 Å². The molecule has 2 aromatic carbocycles. The molecule has 1 atom stereocenters. The van der Waals surface area contributed by atoms with Gasteiger partial charge in [0.2, 0.25) is 0 Å². The number of aliphatic hydroxyl groups is 1. The van der Waals surface area contributed by atoms with Gasteiger partial charge in [-0.05, 0) is 42.8 Å². The largest absolute Gasteiger partial charge is 0.384 e. The maximum atomic E-state index is 13.0. The van der Waals surface area contributed by atoms with E-state index in [9.17, 15) is 14.3 Å². The minimum Gasteiger partial charge on any atom is -0.384 e. The van der Waals surface area contributed by atoms with E-state index in [0.717, 1.165) is 10.9 Å². The molecule has 0 radical (unpaired) electrons. The van der Waals surface area contributed by atoms with Gasteiger partial charge in [-0.25, -0.2) is 4.39 Å². The molecular weight excluding hydrogens is 307 g/mol. The lowest BCUT2D eigenvalue weighted by molar-refractivity contribution is 0.0526. The van der Waals surface area contributed by atoms with Crippen LogP contribution in [0, 0.1) is 5.82 Å². The Morgan fingerprint density at radius 1 is 1.21 bits per heavy atom. The monoisotopic (exact) mass is 326 g/mol. The normalized spacial score (nSPS) is 13.7. The second-order valence-corrected chi connectivity index (χ2v) is 6.13. The number of carbonyl (C=O) groups is 1. The van der Waals surface area contributed by atoms with Gasteiger partial charge in [0.1, 0.15) is 11.4 Å². The summed E-state index contributed by atoms with van der Waals surface area (Å²) < 4.78 is 15.0. The molecule has 24 heavy (non-hydrogen) atoms. The molecule has 1 aromatic heterocycles. The second-order valence-electron chi connectivity index (χ2n) is 6.13. The van der Waals surface area contributed by atoms with Crippen molar-refractivity contribution in [3.05, 3.63) is 71.7 Å². The number of benzene rings is 2. The number of aromatic nitrogens is 1. The number of halogens is 1. The van der Waals surface area contributed by atoms with E-state index in [1.165, 1.54) is 24.3 Å². The second kappa shape index (κ2) is 6.09. The van der Waals surface area contributed by atoms with Crippen LogP contribution < -0.4 is 5.32 Å². The average Bonchev–Trinajstić information content (AvgIpc) is 2.95. The smallest absolute Gasteiger partial charge is 0.252 e. The maximum Gasteiger partial charge on any atom is 0.252 e. The summed E-state index contributed by atoms with van der Waals surface area (Å²) in [4.78, 5) is 12.5. The SMILES string of the molecule is Cn1ccc2c(C(=O)NCC(C)(O)c3ccc(F)cc3)cccc21. The highest BCUT2D eigenvalue weighted by Crippen LogP contribution is 2.22. The van der Waals surface area contributed by atoms with Gasteiger partial charge < -0.3 is 15.0 Å². The highest BCUT2D eigenvalue weighted by molar-refractivity contribution is 6.06. The van der Waals surface area contributed by atoms with Gasteiger partial charge >= 0.3 is 0 Å². The van der Waals surface area contributed by atoms with Crippen molar-refractivity contribution >= 4 is 16.8 Å². The first-order chi connectivity index (χ1) is 11.4. The number of nitrogens with zero attached hydrogens (tertiary/aromatic N) is 1. The standard InChI is InChI=1S/C19H19FN2O2/c1-19(24,13-6-8-14(20)9-7-13)12-21-18(23)16-4-3-5-17-15(16)10-11-22(17)2/h3-11,24H,12H2,1-2H3,(H,21,23). The molecule has 0 aliphatic heterocycles. The Bertz CT molecular complexity index is 882. The third-order valence-corrected chi connectivity index (χ3v) is 4.23. The zero-order valence-corrected chi connectivity index (χ0v) is 13.6. The van der Waals surface area contributed by atoms with Gasteiger partial charge in [-0.3, -0.25) is 4.79 Å². The van der Waals surface area contributed by atoms with Crippen LogP contribution in [0.15, 0.2) is 54.7 Å². The average molecular weight is 326 g/mol. The minimum atomic E-state index is -1.28. The fraction of sp³-hybridized carbons (Fsp3) is 0.211. The molecule has 0 saturated heterocycles. The van der Waals surface area contributed by atoms with Crippen LogP contribution in [0.5, 0.6) is 0 Å². The third-order valence-electron chi connectivity index (χ3n) is 4.23. The van der Waals surface area contributed by atoms with E-state index >= 15 is 0 Å². The van der Waals surface area contributed by atoms with Crippen molar-refractivity contribution < 1.29 is 14.3 Å². The van der Waals surface area contributed by atoms with Crippen molar-refractivity contribution in [2.24, 2.45) is 7.05 Å². The Morgan fingerprint density at radius 2 is 1.92 bits per heavy atom. The molecule has 1 amide bonds. The quantitative estimate of drug-likeness (QED) is 0.774. The predicted molar refractivity (Wildman–Crippen MR) is 91.2 cm³/mol. The molecule has 0 bridgehead atoms. The van der Waals surface area contributed by atoms with Gasteiger partial charge in [0.05, 0.1) is 6.54 Å². The van der Waals surface area contributed by atoms with E-state index < -0.39 is 5.60 Å². The van der Waals surface area contributed by atoms with E-state index in [4.69, 9.17) is 0 Å². The number of hydrogen-bond acceptors (Lipinski definition) is 2. The van der Waals surface area contributed by atoms with Gasteiger partial charge in [-0.2, -0.15) is 0 Å². The summed E-state index contributed by atoms with van der Waals surface area (Å²) in [5.41, 5.74) is 0.784. The first kappa shape index (κ1) is 16.2. The van der Waals surface area contributed by atoms with E-state index in [-0.39, 0.29) is 18.3 Å². The summed E-state index contributed by atoms with van der Waals surface area (Å²) in [7, 11) is 1.92. The molecule has 0 spiro atoms. The molecule has 1 heterocycles. The van der Waals surface area contributed by atoms with Crippen LogP contribution in [-0.4, -0.2) is 22.1 Å². The molecular formula is C19H19FN2O2. The molecule has 0 aliphatic carbocycles. The van der Waals surface area contributed by atoms with Crippen molar-refractivity contribution in [1.82, 2.24) is 9.88 Å². The molecule has 1 unspecified atom stereocenters. The Balaban J connectivity index is 1.78. The highest BCUT2D eigenvalue weighted by atomic mass is 19.1. The lowest BCUT2D eigenvalue weighted by Crippen LogP contribution is -2.38. The molecule has 0 fully saturated rings. The summed E-state index contributed by atoms with van der Waals surface area (Å²) in [6, 6.07) is 13.0. The van der Waals surface area contributed by atoms with Crippen molar-refractivity contribution in [2.45, 2.75) is 12.5 Å². The predicted octanol–water partition coefficient (Wildman–Crippen LogP) is 2.95. The van der Waals surface area contributed by atoms with Crippen LogP contribution in [-0.2, 0) is 12.6 Å². The third kappa shape index (κ3) is 3.03. The summed E-state index contributed by atoms with van der Waals surface area (Å²) in [6.45, 7) is 1.62. The van der Waals surface area contributed by atoms with Crippen LogP contribution in [0.25, 0.3) is 10.9 Å². The lowest BCUT2D eigenvalue weighted by Gasteiger charge is -2.24. The summed E-state index contributed by atoms with van der Waals surface area (Å²) in [6.07, 6.45) is 1.90. The molecule has 3 aromatic rings. The van der Waals surface area contributed by atoms with E-state index in [2.05, 4.69) is 5.32 Å².